The third-order valence-corrected chi connectivity index (χ3v) is 6.94. The molecule has 0 atom stereocenters. The van der Waals surface area contributed by atoms with E-state index >= 15 is 0 Å². The summed E-state index contributed by atoms with van der Waals surface area (Å²) in [7, 11) is 1.69. The lowest BCUT2D eigenvalue weighted by Gasteiger charge is -2.32. The molecule has 1 aliphatic rings. The number of aromatic amines is 1. The van der Waals surface area contributed by atoms with E-state index in [0.29, 0.717) is 11.6 Å². The number of carbonyl (C=O) groups excluding carboxylic acids is 1. The van der Waals surface area contributed by atoms with Crippen LogP contribution in [0, 0.1) is 0 Å². The van der Waals surface area contributed by atoms with Crippen molar-refractivity contribution in [2.24, 2.45) is 0 Å². The lowest BCUT2D eigenvalue weighted by atomic mass is 9.89. The summed E-state index contributed by atoms with van der Waals surface area (Å²) in [6, 6.07) is 16.1. The van der Waals surface area contributed by atoms with Crippen molar-refractivity contribution in [2.75, 3.05) is 26.5 Å². The Bertz CT molecular complexity index is 1240. The topological polar surface area (TPSA) is 63.1 Å². The van der Waals surface area contributed by atoms with Crippen LogP contribution < -0.4 is 4.74 Å². The minimum Gasteiger partial charge on any atom is -0.497 e. The van der Waals surface area contributed by atoms with Crippen LogP contribution in [0.15, 0.2) is 66.1 Å². The van der Waals surface area contributed by atoms with E-state index in [1.807, 2.05) is 52.1 Å². The molecule has 0 saturated carbocycles. The number of benzene rings is 2. The monoisotopic (exact) mass is 446 g/mol. The fourth-order valence-corrected chi connectivity index (χ4v) is 5.14. The first-order valence-corrected chi connectivity index (χ1v) is 12.0. The number of fused-ring (bicyclic) bond motifs is 1. The molecular formula is C25H26N4O2S. The van der Waals surface area contributed by atoms with Gasteiger partial charge in [0.15, 0.2) is 5.16 Å². The Labute approximate surface area is 191 Å². The van der Waals surface area contributed by atoms with E-state index in [4.69, 9.17) is 4.74 Å². The molecule has 6 nitrogen and oxygen atoms in total. The summed E-state index contributed by atoms with van der Waals surface area (Å²) >= 11 is 1.55. The molecule has 7 heteroatoms. The number of rotatable bonds is 5. The molecule has 0 unspecified atom stereocenters. The van der Waals surface area contributed by atoms with Crippen molar-refractivity contribution in [3.63, 3.8) is 0 Å². The van der Waals surface area contributed by atoms with Gasteiger partial charge in [-0.15, -0.1) is 0 Å². The number of thioether (sulfide) groups is 1. The van der Waals surface area contributed by atoms with Gasteiger partial charge in [-0.25, -0.2) is 4.98 Å². The number of hydrogen-bond acceptors (Lipinski definition) is 4. The van der Waals surface area contributed by atoms with Gasteiger partial charge in [0.25, 0.3) is 5.91 Å². The quantitative estimate of drug-likeness (QED) is 0.433. The molecule has 0 radical (unpaired) electrons. The van der Waals surface area contributed by atoms with Crippen molar-refractivity contribution in [1.29, 1.82) is 0 Å². The van der Waals surface area contributed by atoms with Crippen LogP contribution >= 0.6 is 11.8 Å². The fourth-order valence-electron chi connectivity index (χ4n) is 4.60. The molecule has 0 aliphatic carbocycles. The Hall–Kier alpha value is -3.19. The molecule has 0 spiro atoms. The maximum Gasteiger partial charge on any atom is 0.272 e. The van der Waals surface area contributed by atoms with Gasteiger partial charge in [-0.05, 0) is 60.9 Å². The SMILES string of the molecule is COc1ccc2[nH]cc(C3CCN(C(=O)c4cnc(SC)n4-c4ccccc4)CC3)c2c1. The number of amides is 1. The van der Waals surface area contributed by atoms with Crippen LogP contribution in [0.2, 0.25) is 0 Å². The summed E-state index contributed by atoms with van der Waals surface area (Å²) in [6.07, 6.45) is 7.67. The number of piperidine rings is 1. The Morgan fingerprint density at radius 1 is 1.16 bits per heavy atom. The largest absolute Gasteiger partial charge is 0.497 e. The summed E-state index contributed by atoms with van der Waals surface area (Å²) in [5, 5.41) is 2.03. The van der Waals surface area contributed by atoms with Gasteiger partial charge in [-0.3, -0.25) is 9.36 Å². The molecule has 1 amide bonds. The Kier molecular flexibility index (Phi) is 5.66. The van der Waals surface area contributed by atoms with E-state index in [-0.39, 0.29) is 5.91 Å². The lowest BCUT2D eigenvalue weighted by Crippen LogP contribution is -2.38. The Balaban J connectivity index is 1.36. The second-order valence-electron chi connectivity index (χ2n) is 8.02. The summed E-state index contributed by atoms with van der Waals surface area (Å²) in [5.74, 6) is 1.33. The first-order valence-electron chi connectivity index (χ1n) is 10.8. The molecule has 2 aromatic heterocycles. The maximum absolute atomic E-state index is 13.4. The number of H-pyrrole nitrogens is 1. The lowest BCUT2D eigenvalue weighted by molar-refractivity contribution is 0.0704. The van der Waals surface area contributed by atoms with Crippen LogP contribution in [-0.4, -0.2) is 51.8 Å². The molecule has 1 saturated heterocycles. The standard InChI is InChI=1S/C25H26N4O2S/c1-31-19-8-9-22-20(14-19)21(15-26-22)17-10-12-28(13-11-17)24(30)23-16-27-25(32-2)29(23)18-6-4-3-5-7-18/h3-9,14-17,26H,10-13H2,1-2H3. The maximum atomic E-state index is 13.4. The van der Waals surface area contributed by atoms with E-state index in [0.717, 1.165) is 48.0 Å². The van der Waals surface area contributed by atoms with Gasteiger partial charge in [-0.2, -0.15) is 0 Å². The van der Waals surface area contributed by atoms with Crippen LogP contribution in [0.3, 0.4) is 0 Å². The third-order valence-electron chi connectivity index (χ3n) is 6.29. The van der Waals surface area contributed by atoms with Crippen LogP contribution in [-0.2, 0) is 0 Å². The Morgan fingerprint density at radius 2 is 1.94 bits per heavy atom. The second-order valence-corrected chi connectivity index (χ2v) is 8.80. The molecule has 0 bridgehead atoms. The first-order chi connectivity index (χ1) is 15.7. The smallest absolute Gasteiger partial charge is 0.272 e. The number of methoxy groups -OCH3 is 1. The van der Waals surface area contributed by atoms with Crippen LogP contribution in [0.1, 0.15) is 34.8 Å². The van der Waals surface area contributed by atoms with Gasteiger partial charge < -0.3 is 14.6 Å². The summed E-state index contributed by atoms with van der Waals surface area (Å²) in [5.41, 5.74) is 4.01. The molecule has 2 aromatic carbocycles. The highest BCUT2D eigenvalue weighted by Crippen LogP contribution is 2.35. The fraction of sp³-hybridized carbons (Fsp3) is 0.280. The normalized spacial score (nSPS) is 14.8. The summed E-state index contributed by atoms with van der Waals surface area (Å²) in [4.78, 5) is 23.3. The van der Waals surface area contributed by atoms with Gasteiger partial charge in [0.1, 0.15) is 11.4 Å². The predicted octanol–water partition coefficient (Wildman–Crippen LogP) is 5.10. The van der Waals surface area contributed by atoms with Crippen LogP contribution in [0.25, 0.3) is 16.6 Å². The second kappa shape index (κ2) is 8.74. The number of nitrogens with one attached hydrogen (secondary N) is 1. The molecule has 164 valence electrons. The number of imidazole rings is 1. The van der Waals surface area contributed by atoms with E-state index in [1.54, 1.807) is 25.1 Å². The number of para-hydroxylation sites is 1. The number of aromatic nitrogens is 3. The van der Waals surface area contributed by atoms with Crippen molar-refractivity contribution in [1.82, 2.24) is 19.4 Å². The zero-order chi connectivity index (χ0) is 22.1. The van der Waals surface area contributed by atoms with Crippen molar-refractivity contribution in [3.8, 4) is 11.4 Å². The molecule has 1 aliphatic heterocycles. The van der Waals surface area contributed by atoms with Crippen molar-refractivity contribution < 1.29 is 9.53 Å². The number of likely N-dealkylation sites (tertiary alicyclic amines) is 1. The molecule has 4 aromatic rings. The van der Waals surface area contributed by atoms with E-state index in [9.17, 15) is 4.79 Å². The minimum atomic E-state index is 0.0423. The highest BCUT2D eigenvalue weighted by Gasteiger charge is 2.28. The number of ether oxygens (including phenoxy) is 1. The summed E-state index contributed by atoms with van der Waals surface area (Å²) < 4.78 is 7.38. The zero-order valence-corrected chi connectivity index (χ0v) is 19.1. The van der Waals surface area contributed by atoms with Gasteiger partial charge in [0.05, 0.1) is 13.3 Å². The molecule has 1 N–H and O–H groups in total. The van der Waals surface area contributed by atoms with Crippen LogP contribution in [0.5, 0.6) is 5.75 Å². The number of carbonyl (C=O) groups is 1. The van der Waals surface area contributed by atoms with E-state index in [2.05, 4.69) is 28.3 Å². The summed E-state index contributed by atoms with van der Waals surface area (Å²) in [6.45, 7) is 1.46. The zero-order valence-electron chi connectivity index (χ0n) is 18.2. The average Bonchev–Trinajstić information content (AvgIpc) is 3.48. The van der Waals surface area contributed by atoms with Gasteiger partial charge in [-0.1, -0.05) is 30.0 Å². The predicted molar refractivity (Wildman–Crippen MR) is 128 cm³/mol. The number of nitrogens with zero attached hydrogens (tertiary/aromatic N) is 3. The molecule has 32 heavy (non-hydrogen) atoms. The van der Waals surface area contributed by atoms with E-state index in [1.165, 1.54) is 10.9 Å². The first kappa shape index (κ1) is 20.7. The average molecular weight is 447 g/mol. The van der Waals surface area contributed by atoms with Crippen molar-refractivity contribution in [3.05, 3.63) is 72.2 Å². The van der Waals surface area contributed by atoms with Gasteiger partial charge in [0.2, 0.25) is 0 Å². The molecular weight excluding hydrogens is 420 g/mol. The van der Waals surface area contributed by atoms with Crippen LogP contribution in [0.4, 0.5) is 0 Å². The molecule has 3 heterocycles. The minimum absolute atomic E-state index is 0.0423. The molecule has 1 fully saturated rings. The number of hydrogen-bond donors (Lipinski definition) is 1. The highest BCUT2D eigenvalue weighted by molar-refractivity contribution is 7.98. The Morgan fingerprint density at radius 3 is 2.66 bits per heavy atom. The van der Waals surface area contributed by atoms with Gasteiger partial charge >= 0.3 is 0 Å². The third kappa shape index (κ3) is 3.66. The van der Waals surface area contributed by atoms with Crippen molar-refractivity contribution >= 4 is 28.6 Å². The van der Waals surface area contributed by atoms with Gasteiger partial charge in [0, 0.05) is 35.9 Å². The van der Waals surface area contributed by atoms with E-state index < -0.39 is 0 Å². The van der Waals surface area contributed by atoms with Crippen molar-refractivity contribution in [2.45, 2.75) is 23.9 Å². The molecule has 5 rings (SSSR count). The highest BCUT2D eigenvalue weighted by atomic mass is 32.2.